The van der Waals surface area contributed by atoms with E-state index >= 15 is 0 Å². The van der Waals surface area contributed by atoms with Gasteiger partial charge in [0.25, 0.3) is 0 Å². The lowest BCUT2D eigenvalue weighted by molar-refractivity contribution is -0.137. The topological polar surface area (TPSA) is 29.9 Å². The van der Waals surface area contributed by atoms with E-state index in [0.29, 0.717) is 17.4 Å². The summed E-state index contributed by atoms with van der Waals surface area (Å²) < 4.78 is 39.3. The summed E-state index contributed by atoms with van der Waals surface area (Å²) in [5.41, 5.74) is 1.22. The van der Waals surface area contributed by atoms with E-state index in [0.717, 1.165) is 23.4 Å². The first-order valence-electron chi connectivity index (χ1n) is 5.88. The van der Waals surface area contributed by atoms with Crippen molar-refractivity contribution in [2.75, 3.05) is 5.32 Å². The van der Waals surface area contributed by atoms with Crippen LogP contribution in [0.3, 0.4) is 0 Å². The molecule has 0 aliphatic heterocycles. The summed E-state index contributed by atoms with van der Waals surface area (Å²) in [4.78, 5) is 0. The molecule has 0 atom stereocenters. The van der Waals surface area contributed by atoms with Gasteiger partial charge in [0.1, 0.15) is 5.15 Å². The molecule has 2 aromatic rings. The van der Waals surface area contributed by atoms with Crippen LogP contribution in [0.5, 0.6) is 0 Å². The second-order valence-corrected chi connectivity index (χ2v) is 4.77. The first-order chi connectivity index (χ1) is 9.29. The van der Waals surface area contributed by atoms with Gasteiger partial charge in [-0.3, -0.25) is 4.68 Å². The molecule has 1 N–H and O–H groups in total. The highest BCUT2D eigenvalue weighted by Crippen LogP contribution is 2.31. The van der Waals surface area contributed by atoms with Crippen molar-refractivity contribution in [2.45, 2.75) is 19.6 Å². The molecule has 108 valence electrons. The summed E-state index contributed by atoms with van der Waals surface area (Å²) in [6, 6.07) is 5.05. The zero-order valence-corrected chi connectivity index (χ0v) is 11.7. The predicted molar refractivity (Wildman–Crippen MR) is 71.7 cm³/mol. The van der Waals surface area contributed by atoms with E-state index in [1.54, 1.807) is 20.0 Å². The van der Waals surface area contributed by atoms with Crippen molar-refractivity contribution in [3.8, 4) is 0 Å². The standard InChI is InChI=1S/C13H13ClF3N3/c1-8-11(12(14)20(2)19-8)7-18-10-5-3-4-9(6-10)13(15,16)17/h3-6,18H,7H2,1-2H3. The van der Waals surface area contributed by atoms with Crippen LogP contribution in [0.1, 0.15) is 16.8 Å². The maximum atomic E-state index is 12.6. The SMILES string of the molecule is Cc1nn(C)c(Cl)c1CNc1cccc(C(F)(F)F)c1. The Morgan fingerprint density at radius 3 is 2.60 bits per heavy atom. The van der Waals surface area contributed by atoms with Crippen LogP contribution in [0.4, 0.5) is 18.9 Å². The fraction of sp³-hybridized carbons (Fsp3) is 0.308. The molecule has 7 heteroatoms. The Labute approximate surface area is 119 Å². The van der Waals surface area contributed by atoms with Crippen LogP contribution >= 0.6 is 11.6 Å². The minimum atomic E-state index is -4.35. The lowest BCUT2D eigenvalue weighted by Gasteiger charge is -2.10. The molecule has 3 nitrogen and oxygen atoms in total. The van der Waals surface area contributed by atoms with Gasteiger partial charge >= 0.3 is 6.18 Å². The van der Waals surface area contributed by atoms with E-state index in [9.17, 15) is 13.2 Å². The second kappa shape index (κ2) is 5.36. The van der Waals surface area contributed by atoms with Gasteiger partial charge in [0.2, 0.25) is 0 Å². The molecule has 0 aliphatic carbocycles. The summed E-state index contributed by atoms with van der Waals surface area (Å²) in [7, 11) is 1.71. The van der Waals surface area contributed by atoms with E-state index in [1.807, 2.05) is 0 Å². The Morgan fingerprint density at radius 2 is 2.05 bits per heavy atom. The third kappa shape index (κ3) is 3.07. The van der Waals surface area contributed by atoms with Crippen LogP contribution < -0.4 is 5.32 Å². The fourth-order valence-corrected chi connectivity index (χ4v) is 2.11. The average molecular weight is 304 g/mol. The average Bonchev–Trinajstić information content (AvgIpc) is 2.61. The van der Waals surface area contributed by atoms with Crippen molar-refractivity contribution >= 4 is 17.3 Å². The Bertz CT molecular complexity index is 620. The Kier molecular flexibility index (Phi) is 3.94. The van der Waals surface area contributed by atoms with Crippen LogP contribution in [0.25, 0.3) is 0 Å². The van der Waals surface area contributed by atoms with Gasteiger partial charge in [0.15, 0.2) is 0 Å². The third-order valence-corrected chi connectivity index (χ3v) is 3.40. The van der Waals surface area contributed by atoms with Gasteiger partial charge in [-0.2, -0.15) is 18.3 Å². The normalized spacial score (nSPS) is 11.7. The fourth-order valence-electron chi connectivity index (χ4n) is 1.87. The predicted octanol–water partition coefficient (Wildman–Crippen LogP) is 4.01. The van der Waals surface area contributed by atoms with Gasteiger partial charge in [0, 0.05) is 24.8 Å². The molecule has 20 heavy (non-hydrogen) atoms. The molecule has 0 bridgehead atoms. The molecule has 1 aromatic heterocycles. The molecule has 0 amide bonds. The molecule has 0 radical (unpaired) electrons. The van der Waals surface area contributed by atoms with Crippen molar-refractivity contribution in [1.82, 2.24) is 9.78 Å². The van der Waals surface area contributed by atoms with E-state index in [-0.39, 0.29) is 0 Å². The first-order valence-corrected chi connectivity index (χ1v) is 6.26. The molecule has 0 aliphatic rings. The van der Waals surface area contributed by atoms with Crippen molar-refractivity contribution in [1.29, 1.82) is 0 Å². The quantitative estimate of drug-likeness (QED) is 0.928. The first kappa shape index (κ1) is 14.7. The lowest BCUT2D eigenvalue weighted by Crippen LogP contribution is -2.06. The summed E-state index contributed by atoms with van der Waals surface area (Å²) in [6.45, 7) is 2.12. The molecule has 0 unspecified atom stereocenters. The molecule has 0 saturated heterocycles. The molecule has 0 spiro atoms. The minimum absolute atomic E-state index is 0.319. The number of rotatable bonds is 3. The van der Waals surface area contributed by atoms with Crippen LogP contribution in [0.2, 0.25) is 5.15 Å². The number of nitrogens with zero attached hydrogens (tertiary/aromatic N) is 2. The van der Waals surface area contributed by atoms with Gasteiger partial charge in [0.05, 0.1) is 11.3 Å². The molecular weight excluding hydrogens is 291 g/mol. The molecular formula is C13H13ClF3N3. The van der Waals surface area contributed by atoms with E-state index in [4.69, 9.17) is 11.6 Å². The Balaban J connectivity index is 2.15. The monoisotopic (exact) mass is 303 g/mol. The third-order valence-electron chi connectivity index (χ3n) is 2.93. The number of nitrogens with one attached hydrogen (secondary N) is 1. The van der Waals surface area contributed by atoms with Crippen LogP contribution in [-0.4, -0.2) is 9.78 Å². The molecule has 0 saturated carbocycles. The van der Waals surface area contributed by atoms with Crippen LogP contribution in [0, 0.1) is 6.92 Å². The molecule has 1 heterocycles. The van der Waals surface area contributed by atoms with E-state index < -0.39 is 11.7 Å². The lowest BCUT2D eigenvalue weighted by atomic mass is 10.2. The summed E-state index contributed by atoms with van der Waals surface area (Å²) in [5.74, 6) is 0. The van der Waals surface area contributed by atoms with Gasteiger partial charge in [-0.05, 0) is 25.1 Å². The van der Waals surface area contributed by atoms with Gasteiger partial charge in [-0.15, -0.1) is 0 Å². The maximum absolute atomic E-state index is 12.6. The largest absolute Gasteiger partial charge is 0.416 e. The number of hydrogen-bond donors (Lipinski definition) is 1. The number of benzene rings is 1. The molecule has 2 rings (SSSR count). The van der Waals surface area contributed by atoms with E-state index in [1.165, 1.54) is 10.7 Å². The highest BCUT2D eigenvalue weighted by molar-refractivity contribution is 6.30. The highest BCUT2D eigenvalue weighted by atomic mass is 35.5. The second-order valence-electron chi connectivity index (χ2n) is 4.41. The minimum Gasteiger partial charge on any atom is -0.381 e. The van der Waals surface area contributed by atoms with E-state index in [2.05, 4.69) is 10.4 Å². The summed E-state index contributed by atoms with van der Waals surface area (Å²) >= 11 is 6.06. The van der Waals surface area contributed by atoms with Crippen LogP contribution in [0.15, 0.2) is 24.3 Å². The van der Waals surface area contributed by atoms with Gasteiger partial charge in [-0.25, -0.2) is 0 Å². The molecule has 1 aromatic carbocycles. The number of aryl methyl sites for hydroxylation is 2. The maximum Gasteiger partial charge on any atom is 0.416 e. The number of anilines is 1. The molecule has 0 fully saturated rings. The van der Waals surface area contributed by atoms with Crippen LogP contribution in [-0.2, 0) is 19.8 Å². The van der Waals surface area contributed by atoms with Gasteiger partial charge in [-0.1, -0.05) is 17.7 Å². The van der Waals surface area contributed by atoms with Crippen molar-refractivity contribution in [2.24, 2.45) is 7.05 Å². The van der Waals surface area contributed by atoms with Gasteiger partial charge < -0.3 is 5.32 Å². The smallest absolute Gasteiger partial charge is 0.381 e. The van der Waals surface area contributed by atoms with Crippen molar-refractivity contribution in [3.05, 3.63) is 46.2 Å². The Morgan fingerprint density at radius 1 is 1.35 bits per heavy atom. The number of halogens is 4. The zero-order chi connectivity index (χ0) is 14.9. The number of hydrogen-bond acceptors (Lipinski definition) is 2. The number of aromatic nitrogens is 2. The summed E-state index contributed by atoms with van der Waals surface area (Å²) in [6.07, 6.45) is -4.35. The summed E-state index contributed by atoms with van der Waals surface area (Å²) in [5, 5.41) is 7.55. The number of alkyl halides is 3. The van der Waals surface area contributed by atoms with Crippen molar-refractivity contribution in [3.63, 3.8) is 0 Å². The van der Waals surface area contributed by atoms with Crippen molar-refractivity contribution < 1.29 is 13.2 Å². The Hall–Kier alpha value is -1.69. The highest BCUT2D eigenvalue weighted by Gasteiger charge is 2.30. The zero-order valence-electron chi connectivity index (χ0n) is 10.9.